The van der Waals surface area contributed by atoms with Gasteiger partial charge in [0.15, 0.2) is 0 Å². The van der Waals surface area contributed by atoms with Gasteiger partial charge in [0.05, 0.1) is 6.61 Å². The highest BCUT2D eigenvalue weighted by Gasteiger charge is 2.15. The number of rotatable bonds is 5. The molecule has 0 aliphatic carbocycles. The van der Waals surface area contributed by atoms with E-state index in [1.165, 1.54) is 6.07 Å². The molecule has 4 nitrogen and oxygen atoms in total. The molecule has 1 aromatic carbocycles. The van der Waals surface area contributed by atoms with E-state index in [9.17, 15) is 15.3 Å². The Morgan fingerprint density at radius 1 is 0.950 bits per heavy atom. The summed E-state index contributed by atoms with van der Waals surface area (Å²) in [7, 11) is 0. The fraction of sp³-hybridized carbons (Fsp3) is 0.375. The van der Waals surface area contributed by atoms with Gasteiger partial charge in [-0.2, -0.15) is 0 Å². The summed E-state index contributed by atoms with van der Waals surface area (Å²) in [6, 6.07) is 1.24. The zero-order chi connectivity index (χ0) is 15.3. The van der Waals surface area contributed by atoms with Crippen molar-refractivity contribution in [2.75, 3.05) is 6.61 Å². The van der Waals surface area contributed by atoms with Gasteiger partial charge in [-0.1, -0.05) is 23.3 Å². The first-order valence-corrected chi connectivity index (χ1v) is 6.52. The summed E-state index contributed by atoms with van der Waals surface area (Å²) in [6.07, 6.45) is 4.32. The summed E-state index contributed by atoms with van der Waals surface area (Å²) < 4.78 is 0. The average molecular weight is 278 g/mol. The van der Waals surface area contributed by atoms with Gasteiger partial charge in [-0.3, -0.25) is 0 Å². The third kappa shape index (κ3) is 4.03. The second-order valence-electron chi connectivity index (χ2n) is 5.12. The van der Waals surface area contributed by atoms with Crippen molar-refractivity contribution in [1.29, 1.82) is 0 Å². The molecule has 1 rings (SSSR count). The Balaban J connectivity index is 3.18. The normalized spacial score (nSPS) is 11.5. The van der Waals surface area contributed by atoms with Crippen LogP contribution in [0.4, 0.5) is 0 Å². The number of phenolic OH excluding ortho intramolecular Hbond substituents is 3. The van der Waals surface area contributed by atoms with Gasteiger partial charge in [-0.15, -0.1) is 0 Å². The SMILES string of the molecule is CC(C)=CCc1c(O)cc(O)c(C/C=C(\C)CO)c1O. The molecule has 0 amide bonds. The summed E-state index contributed by atoms with van der Waals surface area (Å²) in [5.74, 6) is -0.367. The van der Waals surface area contributed by atoms with Gasteiger partial charge in [0.25, 0.3) is 0 Å². The maximum atomic E-state index is 10.2. The van der Waals surface area contributed by atoms with Crippen LogP contribution in [0.3, 0.4) is 0 Å². The van der Waals surface area contributed by atoms with Crippen molar-refractivity contribution in [1.82, 2.24) is 0 Å². The molecule has 110 valence electrons. The smallest absolute Gasteiger partial charge is 0.129 e. The molecule has 1 aromatic rings. The van der Waals surface area contributed by atoms with Crippen molar-refractivity contribution in [2.45, 2.75) is 33.6 Å². The van der Waals surface area contributed by atoms with Crippen LogP contribution in [0, 0.1) is 0 Å². The Morgan fingerprint density at radius 3 is 1.90 bits per heavy atom. The number of aliphatic hydroxyl groups is 1. The summed E-state index contributed by atoms with van der Waals surface area (Å²) in [6.45, 7) is 5.56. The monoisotopic (exact) mass is 278 g/mol. The molecule has 0 aromatic heterocycles. The lowest BCUT2D eigenvalue weighted by atomic mass is 10.00. The molecule has 0 spiro atoms. The molecular weight excluding hydrogens is 256 g/mol. The van der Waals surface area contributed by atoms with Crippen molar-refractivity contribution >= 4 is 0 Å². The van der Waals surface area contributed by atoms with Crippen LogP contribution >= 0.6 is 0 Å². The second-order valence-corrected chi connectivity index (χ2v) is 5.12. The van der Waals surface area contributed by atoms with Crippen LogP contribution < -0.4 is 0 Å². The molecule has 20 heavy (non-hydrogen) atoms. The zero-order valence-electron chi connectivity index (χ0n) is 12.1. The lowest BCUT2D eigenvalue weighted by Crippen LogP contribution is -1.93. The Bertz CT molecular complexity index is 538. The summed E-state index contributed by atoms with van der Waals surface area (Å²) in [5, 5.41) is 38.8. The zero-order valence-corrected chi connectivity index (χ0v) is 12.1. The quantitative estimate of drug-likeness (QED) is 0.624. The Morgan fingerprint density at radius 2 is 1.45 bits per heavy atom. The van der Waals surface area contributed by atoms with Gasteiger partial charge in [0.2, 0.25) is 0 Å². The number of aromatic hydroxyl groups is 3. The van der Waals surface area contributed by atoms with Crippen LogP contribution in [0.5, 0.6) is 17.2 Å². The molecule has 0 aliphatic rings. The van der Waals surface area contributed by atoms with E-state index in [0.717, 1.165) is 11.1 Å². The van der Waals surface area contributed by atoms with Gasteiger partial charge in [0, 0.05) is 17.2 Å². The lowest BCUT2D eigenvalue weighted by molar-refractivity contribution is 0.331. The molecule has 0 radical (unpaired) electrons. The number of aliphatic hydroxyl groups excluding tert-OH is 1. The van der Waals surface area contributed by atoms with Crippen LogP contribution in [0.1, 0.15) is 31.9 Å². The lowest BCUT2D eigenvalue weighted by Gasteiger charge is -2.12. The first-order valence-electron chi connectivity index (χ1n) is 6.52. The number of phenols is 3. The highest BCUT2D eigenvalue weighted by molar-refractivity contribution is 5.56. The van der Waals surface area contributed by atoms with Crippen LogP contribution in [-0.4, -0.2) is 27.0 Å². The van der Waals surface area contributed by atoms with Gasteiger partial charge in [0.1, 0.15) is 17.2 Å². The molecule has 4 N–H and O–H groups in total. The summed E-state index contributed by atoms with van der Waals surface area (Å²) >= 11 is 0. The van der Waals surface area contributed by atoms with E-state index in [-0.39, 0.29) is 23.9 Å². The Kier molecular flexibility index (Phi) is 5.65. The van der Waals surface area contributed by atoms with E-state index in [1.54, 1.807) is 13.0 Å². The van der Waals surface area contributed by atoms with Crippen LogP contribution in [-0.2, 0) is 12.8 Å². The minimum atomic E-state index is -0.150. The molecule has 0 unspecified atom stereocenters. The third-order valence-electron chi connectivity index (χ3n) is 3.08. The Hall–Kier alpha value is -1.94. The minimum Gasteiger partial charge on any atom is -0.507 e. The number of hydrogen-bond acceptors (Lipinski definition) is 4. The average Bonchev–Trinajstić information content (AvgIpc) is 2.37. The molecule has 0 fully saturated rings. The van der Waals surface area contributed by atoms with Crippen molar-refractivity contribution in [3.63, 3.8) is 0 Å². The van der Waals surface area contributed by atoms with Crippen molar-refractivity contribution in [2.24, 2.45) is 0 Å². The van der Waals surface area contributed by atoms with Crippen molar-refractivity contribution in [3.8, 4) is 17.2 Å². The molecule has 0 aliphatic heterocycles. The second kappa shape index (κ2) is 7.01. The van der Waals surface area contributed by atoms with Crippen LogP contribution in [0.25, 0.3) is 0 Å². The first kappa shape index (κ1) is 16.1. The molecule has 0 saturated carbocycles. The largest absolute Gasteiger partial charge is 0.507 e. The van der Waals surface area contributed by atoms with E-state index in [2.05, 4.69) is 0 Å². The summed E-state index contributed by atoms with van der Waals surface area (Å²) in [5.41, 5.74) is 2.58. The van der Waals surface area contributed by atoms with Gasteiger partial charge < -0.3 is 20.4 Å². The molecule has 0 heterocycles. The molecule has 0 atom stereocenters. The highest BCUT2D eigenvalue weighted by Crippen LogP contribution is 2.38. The van der Waals surface area contributed by atoms with E-state index in [0.29, 0.717) is 24.0 Å². The maximum Gasteiger partial charge on any atom is 0.129 e. The van der Waals surface area contributed by atoms with E-state index in [1.807, 2.05) is 19.9 Å². The third-order valence-corrected chi connectivity index (χ3v) is 3.08. The number of allylic oxidation sites excluding steroid dienone is 3. The maximum absolute atomic E-state index is 10.2. The first-order chi connectivity index (χ1) is 9.36. The van der Waals surface area contributed by atoms with Gasteiger partial charge in [-0.05, 0) is 33.6 Å². The van der Waals surface area contributed by atoms with Crippen LogP contribution in [0.15, 0.2) is 29.4 Å². The predicted molar refractivity (Wildman–Crippen MR) is 79.1 cm³/mol. The van der Waals surface area contributed by atoms with Crippen molar-refractivity contribution in [3.05, 3.63) is 40.5 Å². The topological polar surface area (TPSA) is 80.9 Å². The fourth-order valence-electron chi connectivity index (χ4n) is 1.78. The predicted octanol–water partition coefficient (Wildman–Crippen LogP) is 2.79. The van der Waals surface area contributed by atoms with Gasteiger partial charge >= 0.3 is 0 Å². The van der Waals surface area contributed by atoms with E-state index in [4.69, 9.17) is 5.11 Å². The standard InChI is InChI=1S/C16H22O4/c1-10(2)4-6-12-14(18)8-15(19)13(16(12)20)7-5-11(3)9-17/h4-5,8,17-20H,6-7,9H2,1-3H3/b11-5+. The fourth-order valence-corrected chi connectivity index (χ4v) is 1.78. The molecular formula is C16H22O4. The Labute approximate surface area is 119 Å². The molecule has 4 heteroatoms. The summed E-state index contributed by atoms with van der Waals surface area (Å²) in [4.78, 5) is 0. The number of benzene rings is 1. The van der Waals surface area contributed by atoms with Crippen molar-refractivity contribution < 1.29 is 20.4 Å². The van der Waals surface area contributed by atoms with Crippen LogP contribution in [0.2, 0.25) is 0 Å². The van der Waals surface area contributed by atoms with E-state index < -0.39 is 0 Å². The number of hydrogen-bond donors (Lipinski definition) is 4. The highest BCUT2D eigenvalue weighted by atomic mass is 16.3. The molecule has 0 bridgehead atoms. The van der Waals surface area contributed by atoms with Gasteiger partial charge in [-0.25, -0.2) is 0 Å². The van der Waals surface area contributed by atoms with E-state index >= 15 is 0 Å². The minimum absolute atomic E-state index is 0.0652. The molecule has 0 saturated heterocycles.